The second kappa shape index (κ2) is 12.5. The second-order valence-corrected chi connectivity index (χ2v) is 12.4. The lowest BCUT2D eigenvalue weighted by Crippen LogP contribution is -2.35. The summed E-state index contributed by atoms with van der Waals surface area (Å²) >= 11 is 0. The summed E-state index contributed by atoms with van der Waals surface area (Å²) in [6.07, 6.45) is -1.62. The third-order valence-corrected chi connectivity index (χ3v) is 8.12. The molecule has 228 valence electrons. The number of halogens is 3. The van der Waals surface area contributed by atoms with Crippen LogP contribution in [0.4, 0.5) is 19.1 Å². The van der Waals surface area contributed by atoms with E-state index in [-0.39, 0.29) is 72.9 Å². The summed E-state index contributed by atoms with van der Waals surface area (Å²) in [5.74, 6) is 0.142. The first-order valence-corrected chi connectivity index (χ1v) is 14.9. The third kappa shape index (κ3) is 7.89. The summed E-state index contributed by atoms with van der Waals surface area (Å²) in [4.78, 5) is 19.5. The van der Waals surface area contributed by atoms with E-state index in [0.29, 0.717) is 12.8 Å². The molecular weight excluding hydrogens is 577 g/mol. The number of hydrogen-bond donors (Lipinski definition) is 2. The summed E-state index contributed by atoms with van der Waals surface area (Å²) < 4.78 is 80.7. The fourth-order valence-corrected chi connectivity index (χ4v) is 5.38. The quantitative estimate of drug-likeness (QED) is 0.241. The molecule has 2 aromatic heterocycles. The smallest absolute Gasteiger partial charge is 0.394 e. The zero-order valence-corrected chi connectivity index (χ0v) is 24.2. The number of aromatic nitrogens is 4. The highest BCUT2D eigenvalue weighted by Crippen LogP contribution is 2.59. The summed E-state index contributed by atoms with van der Waals surface area (Å²) in [7, 11) is -4.07. The zero-order valence-electron chi connectivity index (χ0n) is 23.4. The molecule has 0 aliphatic heterocycles. The van der Waals surface area contributed by atoms with E-state index in [2.05, 4.69) is 25.1 Å². The van der Waals surface area contributed by atoms with Gasteiger partial charge in [0.1, 0.15) is 6.61 Å². The lowest BCUT2D eigenvalue weighted by molar-refractivity contribution is -0.190. The summed E-state index contributed by atoms with van der Waals surface area (Å²) in [6, 6.07) is 8.83. The van der Waals surface area contributed by atoms with Crippen molar-refractivity contribution >= 4 is 22.4 Å². The van der Waals surface area contributed by atoms with Gasteiger partial charge in [-0.15, -0.1) is 5.10 Å². The molecule has 3 aromatic rings. The minimum Gasteiger partial charge on any atom is -0.477 e. The monoisotopic (exact) mass is 610 g/mol. The minimum atomic E-state index is -4.27. The number of hydrogen-bond acceptors (Lipinski definition) is 8. The number of sulfonamides is 1. The van der Waals surface area contributed by atoms with Crippen LogP contribution in [0.15, 0.2) is 47.5 Å². The van der Waals surface area contributed by atoms with Crippen LogP contribution < -0.4 is 19.5 Å². The molecule has 0 saturated heterocycles. The maximum atomic E-state index is 13.2. The zero-order chi connectivity index (χ0) is 30.5. The van der Waals surface area contributed by atoms with E-state index in [1.807, 2.05) is 13.8 Å². The lowest BCUT2D eigenvalue weighted by atomic mass is 10.0. The molecular formula is C27H33F3N6O5S. The molecule has 0 unspecified atom stereocenters. The second-order valence-electron chi connectivity index (χ2n) is 10.7. The van der Waals surface area contributed by atoms with Crippen molar-refractivity contribution in [3.8, 4) is 17.6 Å². The third-order valence-electron chi connectivity index (χ3n) is 6.79. The van der Waals surface area contributed by atoms with Crippen LogP contribution in [0.2, 0.25) is 0 Å². The van der Waals surface area contributed by atoms with E-state index in [9.17, 15) is 26.4 Å². The first kappa shape index (κ1) is 31.1. The van der Waals surface area contributed by atoms with Gasteiger partial charge in [0.15, 0.2) is 5.82 Å². The number of nitrogens with one attached hydrogen (secondary N) is 2. The molecule has 0 bridgehead atoms. The molecule has 11 nitrogen and oxygen atoms in total. The van der Waals surface area contributed by atoms with E-state index < -0.39 is 21.6 Å². The van der Waals surface area contributed by atoms with Crippen LogP contribution in [0.1, 0.15) is 45.1 Å². The van der Waals surface area contributed by atoms with Crippen LogP contribution in [-0.4, -0.2) is 60.0 Å². The van der Waals surface area contributed by atoms with Gasteiger partial charge in [0.2, 0.25) is 24.1 Å². The number of rotatable bonds is 15. The topological polar surface area (TPSA) is 137 Å². The number of carbonyl (C=O) groups excluding carboxylic acids is 1. The van der Waals surface area contributed by atoms with Gasteiger partial charge >= 0.3 is 6.18 Å². The SMILES string of the molecule is Cc1cccc(S(=O)(=O)Nc2nc(OC[C@@H](CC(C)C)NC=O)cc(-n3ccc(OCCC4(C(F)(F)F)CC4)n3)n2)c1. The maximum absolute atomic E-state index is 13.2. The van der Waals surface area contributed by atoms with Gasteiger partial charge in [-0.2, -0.15) is 23.1 Å². The normalized spacial score (nSPS) is 15.2. The fraction of sp³-hybridized carbons (Fsp3) is 0.481. The van der Waals surface area contributed by atoms with E-state index in [1.54, 1.807) is 19.1 Å². The Morgan fingerprint density at radius 3 is 2.52 bits per heavy atom. The molecule has 4 rings (SSSR count). The van der Waals surface area contributed by atoms with Crippen LogP contribution in [0.3, 0.4) is 0 Å². The van der Waals surface area contributed by atoms with Crippen molar-refractivity contribution in [3.05, 3.63) is 48.2 Å². The minimum absolute atomic E-state index is 0.00205. The molecule has 1 aromatic carbocycles. The van der Waals surface area contributed by atoms with Gasteiger partial charge in [-0.3, -0.25) is 4.79 Å². The van der Waals surface area contributed by atoms with Crippen LogP contribution in [-0.2, 0) is 14.8 Å². The highest BCUT2D eigenvalue weighted by molar-refractivity contribution is 7.92. The number of amides is 1. The Bertz CT molecular complexity index is 1490. The van der Waals surface area contributed by atoms with Crippen molar-refractivity contribution < 1.29 is 35.9 Å². The first-order valence-electron chi connectivity index (χ1n) is 13.4. The van der Waals surface area contributed by atoms with E-state index in [1.165, 1.54) is 35.1 Å². The molecule has 1 fully saturated rings. The molecule has 1 atom stereocenters. The largest absolute Gasteiger partial charge is 0.477 e. The number of benzene rings is 1. The van der Waals surface area contributed by atoms with Gasteiger partial charge in [-0.05, 0) is 56.2 Å². The van der Waals surface area contributed by atoms with Crippen molar-refractivity contribution in [2.75, 3.05) is 17.9 Å². The average molecular weight is 611 g/mol. The van der Waals surface area contributed by atoms with Crippen molar-refractivity contribution in [1.29, 1.82) is 0 Å². The lowest BCUT2D eigenvalue weighted by Gasteiger charge is -2.19. The van der Waals surface area contributed by atoms with Crippen LogP contribution >= 0.6 is 0 Å². The molecule has 1 saturated carbocycles. The van der Waals surface area contributed by atoms with Gasteiger partial charge in [0, 0.05) is 18.3 Å². The van der Waals surface area contributed by atoms with Crippen LogP contribution in [0, 0.1) is 18.3 Å². The Morgan fingerprint density at radius 1 is 1.12 bits per heavy atom. The van der Waals surface area contributed by atoms with Crippen molar-refractivity contribution in [2.24, 2.45) is 11.3 Å². The number of nitrogens with zero attached hydrogens (tertiary/aromatic N) is 4. The van der Waals surface area contributed by atoms with Gasteiger partial charge in [-0.1, -0.05) is 26.0 Å². The Balaban J connectivity index is 1.56. The van der Waals surface area contributed by atoms with Crippen molar-refractivity contribution in [1.82, 2.24) is 25.1 Å². The van der Waals surface area contributed by atoms with E-state index >= 15 is 0 Å². The Labute approximate surface area is 241 Å². The van der Waals surface area contributed by atoms with Gasteiger partial charge in [0.25, 0.3) is 10.0 Å². The molecule has 1 aliphatic rings. The molecule has 1 aliphatic carbocycles. The predicted molar refractivity (Wildman–Crippen MR) is 147 cm³/mol. The van der Waals surface area contributed by atoms with Crippen LogP contribution in [0.5, 0.6) is 11.8 Å². The molecule has 0 radical (unpaired) electrons. The number of carbonyl (C=O) groups is 1. The Kier molecular flexibility index (Phi) is 9.28. The summed E-state index contributed by atoms with van der Waals surface area (Å²) in [5, 5.41) is 6.92. The molecule has 0 spiro atoms. The highest BCUT2D eigenvalue weighted by atomic mass is 32.2. The molecule has 42 heavy (non-hydrogen) atoms. The van der Waals surface area contributed by atoms with Gasteiger partial charge in [-0.25, -0.2) is 17.8 Å². The van der Waals surface area contributed by atoms with Crippen molar-refractivity contribution in [3.63, 3.8) is 0 Å². The first-order chi connectivity index (χ1) is 19.8. The van der Waals surface area contributed by atoms with Gasteiger partial charge < -0.3 is 14.8 Å². The highest BCUT2D eigenvalue weighted by Gasteiger charge is 2.62. The van der Waals surface area contributed by atoms with E-state index in [0.717, 1.165) is 5.56 Å². The number of aryl methyl sites for hydroxylation is 1. The van der Waals surface area contributed by atoms with E-state index in [4.69, 9.17) is 9.47 Å². The fourth-order valence-electron chi connectivity index (χ4n) is 4.34. The molecule has 1 amide bonds. The Hall–Kier alpha value is -3.88. The molecule has 2 heterocycles. The molecule has 15 heteroatoms. The Morgan fingerprint density at radius 2 is 1.88 bits per heavy atom. The van der Waals surface area contributed by atoms with Crippen molar-refractivity contribution in [2.45, 2.75) is 63.6 Å². The maximum Gasteiger partial charge on any atom is 0.394 e. The summed E-state index contributed by atoms with van der Waals surface area (Å²) in [5.41, 5.74) is -0.952. The predicted octanol–water partition coefficient (Wildman–Crippen LogP) is 4.42. The summed E-state index contributed by atoms with van der Waals surface area (Å²) in [6.45, 7) is 5.62. The number of alkyl halides is 3. The average Bonchev–Trinajstić information content (AvgIpc) is 3.56. The van der Waals surface area contributed by atoms with Crippen LogP contribution in [0.25, 0.3) is 5.82 Å². The number of ether oxygens (including phenoxy) is 2. The molecule has 2 N–H and O–H groups in total. The standard InChI is InChI=1S/C27H33F3N6O5S/c1-18(2)13-20(31-17-37)16-41-24-15-22(32-25(33-24)35-42(38,39)21-6-4-5-19(3)14-21)36-11-7-23(34-36)40-12-10-26(8-9-26)27(28,29)30/h4-7,11,14-15,17-18,20H,8-10,12-13,16H2,1-3H3,(H,31,37)(H,32,33,35)/t20-/m1/s1. The van der Waals surface area contributed by atoms with Gasteiger partial charge in [0.05, 0.1) is 23.0 Å². The number of anilines is 1.